The summed E-state index contributed by atoms with van der Waals surface area (Å²) in [6.45, 7) is 1.63. The Bertz CT molecular complexity index is 322. The molecule has 0 saturated carbocycles. The maximum atomic E-state index is 11.0. The molecule has 1 rings (SSSR count). The van der Waals surface area contributed by atoms with E-state index in [-0.39, 0.29) is 13.2 Å². The Morgan fingerprint density at radius 2 is 2.50 bits per heavy atom. The van der Waals surface area contributed by atoms with Crippen molar-refractivity contribution in [1.29, 1.82) is 0 Å². The summed E-state index contributed by atoms with van der Waals surface area (Å²) in [5, 5.41) is 15.0. The first-order valence-corrected chi connectivity index (χ1v) is 4.18. The summed E-state index contributed by atoms with van der Waals surface area (Å²) < 4.78 is 6.16. The fraction of sp³-hybridized carbons (Fsp3) is 0.500. The van der Waals surface area contributed by atoms with E-state index in [4.69, 9.17) is 5.11 Å². The second-order valence-electron chi connectivity index (χ2n) is 2.78. The molecule has 0 unspecified atom stereocenters. The maximum absolute atomic E-state index is 11.0. The van der Waals surface area contributed by atoms with E-state index in [0.717, 1.165) is 5.69 Å². The lowest BCUT2D eigenvalue weighted by Gasteiger charge is -2.04. The number of aliphatic hydroxyl groups excluding tert-OH is 1. The van der Waals surface area contributed by atoms with Gasteiger partial charge in [0, 0.05) is 13.1 Å². The lowest BCUT2D eigenvalue weighted by Crippen LogP contribution is -2.17. The van der Waals surface area contributed by atoms with E-state index >= 15 is 0 Å². The Balaban J connectivity index is 2.51. The van der Waals surface area contributed by atoms with Crippen molar-refractivity contribution in [3.8, 4) is 0 Å². The van der Waals surface area contributed by atoms with Crippen LogP contribution in [0.4, 0.5) is 10.6 Å². The topological polar surface area (TPSA) is 76.4 Å². The van der Waals surface area contributed by atoms with Gasteiger partial charge in [-0.25, -0.2) is 4.79 Å². The summed E-state index contributed by atoms with van der Waals surface area (Å²) in [5.74, 6) is 0.561. The number of hydrogen-bond acceptors (Lipinski definition) is 4. The highest BCUT2D eigenvalue weighted by molar-refractivity contribution is 5.83. The van der Waals surface area contributed by atoms with E-state index < -0.39 is 6.09 Å². The number of rotatable bonds is 3. The molecule has 1 aromatic heterocycles. The summed E-state index contributed by atoms with van der Waals surface area (Å²) in [5.41, 5.74) is 0.810. The average molecular weight is 199 g/mol. The molecule has 0 fully saturated rings. The van der Waals surface area contributed by atoms with Crippen molar-refractivity contribution in [3.05, 3.63) is 11.8 Å². The van der Waals surface area contributed by atoms with Crippen LogP contribution < -0.4 is 5.32 Å². The third-order valence-electron chi connectivity index (χ3n) is 1.56. The van der Waals surface area contributed by atoms with Crippen LogP contribution in [-0.4, -0.2) is 34.2 Å². The van der Waals surface area contributed by atoms with Crippen molar-refractivity contribution in [2.75, 3.05) is 18.5 Å². The van der Waals surface area contributed by atoms with E-state index in [0.29, 0.717) is 5.82 Å². The molecule has 0 saturated heterocycles. The number of nitrogens with zero attached hydrogens (tertiary/aromatic N) is 2. The molecule has 14 heavy (non-hydrogen) atoms. The smallest absolute Gasteiger partial charge is 0.412 e. The van der Waals surface area contributed by atoms with Crippen LogP contribution in [0.1, 0.15) is 5.69 Å². The Kier molecular flexibility index (Phi) is 3.47. The van der Waals surface area contributed by atoms with Crippen molar-refractivity contribution < 1.29 is 14.6 Å². The number of carbonyl (C=O) groups excluding carboxylic acids is 1. The van der Waals surface area contributed by atoms with Gasteiger partial charge in [0.05, 0.1) is 12.3 Å². The number of anilines is 1. The number of amides is 1. The summed E-state index contributed by atoms with van der Waals surface area (Å²) in [6, 6.07) is 1.72. The third kappa shape index (κ3) is 2.74. The first-order valence-electron chi connectivity index (χ1n) is 4.18. The number of aryl methyl sites for hydroxylation is 2. The second kappa shape index (κ2) is 4.61. The van der Waals surface area contributed by atoms with Crippen LogP contribution in [0.3, 0.4) is 0 Å². The Labute approximate surface area is 81.5 Å². The normalized spacial score (nSPS) is 9.93. The van der Waals surface area contributed by atoms with Gasteiger partial charge in [-0.2, -0.15) is 5.10 Å². The van der Waals surface area contributed by atoms with Gasteiger partial charge >= 0.3 is 6.09 Å². The maximum Gasteiger partial charge on any atom is 0.412 e. The SMILES string of the molecule is Cc1cc(NC(=O)OCCO)n(C)n1. The summed E-state index contributed by atoms with van der Waals surface area (Å²) in [7, 11) is 1.72. The van der Waals surface area contributed by atoms with Gasteiger partial charge in [-0.3, -0.25) is 10.00 Å². The summed E-state index contributed by atoms with van der Waals surface area (Å²) in [6.07, 6.45) is -0.595. The molecule has 1 amide bonds. The van der Waals surface area contributed by atoms with E-state index in [1.807, 2.05) is 6.92 Å². The standard InChI is InChI=1S/C8H13N3O3/c1-6-5-7(11(2)10-6)9-8(13)14-4-3-12/h5,12H,3-4H2,1-2H3,(H,9,13). The molecule has 6 nitrogen and oxygen atoms in total. The van der Waals surface area contributed by atoms with Crippen LogP contribution in [-0.2, 0) is 11.8 Å². The Morgan fingerprint density at radius 3 is 3.00 bits per heavy atom. The van der Waals surface area contributed by atoms with Gasteiger partial charge in [-0.05, 0) is 6.92 Å². The minimum Gasteiger partial charge on any atom is -0.447 e. The summed E-state index contributed by atoms with van der Waals surface area (Å²) >= 11 is 0. The minimum absolute atomic E-state index is 0.0112. The highest BCUT2D eigenvalue weighted by atomic mass is 16.6. The molecule has 1 heterocycles. The van der Waals surface area contributed by atoms with Crippen LogP contribution in [0.5, 0.6) is 0 Å². The number of carbonyl (C=O) groups is 1. The molecule has 0 radical (unpaired) electrons. The van der Waals surface area contributed by atoms with Crippen molar-refractivity contribution in [1.82, 2.24) is 9.78 Å². The molecule has 0 aliphatic rings. The predicted octanol–water partition coefficient (Wildman–Crippen LogP) is 0.269. The highest BCUT2D eigenvalue weighted by Gasteiger charge is 2.06. The second-order valence-corrected chi connectivity index (χ2v) is 2.78. The van der Waals surface area contributed by atoms with Gasteiger partial charge in [0.15, 0.2) is 0 Å². The molecule has 1 aromatic rings. The molecule has 0 spiro atoms. The molecule has 0 aliphatic heterocycles. The van der Waals surface area contributed by atoms with Gasteiger partial charge in [0.2, 0.25) is 0 Å². The zero-order valence-electron chi connectivity index (χ0n) is 8.15. The van der Waals surface area contributed by atoms with E-state index in [9.17, 15) is 4.79 Å². The fourth-order valence-electron chi connectivity index (χ4n) is 1.01. The zero-order valence-corrected chi connectivity index (χ0v) is 8.15. The first-order chi connectivity index (χ1) is 6.63. The zero-order chi connectivity index (χ0) is 10.6. The molecule has 0 aromatic carbocycles. The minimum atomic E-state index is -0.595. The van der Waals surface area contributed by atoms with Crippen LogP contribution >= 0.6 is 0 Å². The lowest BCUT2D eigenvalue weighted by molar-refractivity contribution is 0.131. The molecule has 0 aliphatic carbocycles. The largest absolute Gasteiger partial charge is 0.447 e. The molecule has 78 valence electrons. The van der Waals surface area contributed by atoms with Crippen LogP contribution in [0.25, 0.3) is 0 Å². The van der Waals surface area contributed by atoms with E-state index in [1.54, 1.807) is 13.1 Å². The fourth-order valence-corrected chi connectivity index (χ4v) is 1.01. The van der Waals surface area contributed by atoms with Gasteiger partial charge in [-0.15, -0.1) is 0 Å². The lowest BCUT2D eigenvalue weighted by atomic mass is 10.5. The van der Waals surface area contributed by atoms with Gasteiger partial charge < -0.3 is 9.84 Å². The van der Waals surface area contributed by atoms with Gasteiger partial charge in [0.25, 0.3) is 0 Å². The molecule has 0 atom stereocenters. The Morgan fingerprint density at radius 1 is 1.79 bits per heavy atom. The number of aliphatic hydroxyl groups is 1. The highest BCUT2D eigenvalue weighted by Crippen LogP contribution is 2.07. The Hall–Kier alpha value is -1.56. The number of aromatic nitrogens is 2. The number of ether oxygens (including phenoxy) is 1. The molecular formula is C8H13N3O3. The molecule has 0 bridgehead atoms. The van der Waals surface area contributed by atoms with Crippen molar-refractivity contribution >= 4 is 11.9 Å². The number of hydrogen-bond donors (Lipinski definition) is 2. The quantitative estimate of drug-likeness (QED) is 0.732. The average Bonchev–Trinajstić information content (AvgIpc) is 2.42. The first kappa shape index (κ1) is 10.5. The molecule has 6 heteroatoms. The van der Waals surface area contributed by atoms with Crippen molar-refractivity contribution in [3.63, 3.8) is 0 Å². The van der Waals surface area contributed by atoms with Crippen LogP contribution in [0.2, 0.25) is 0 Å². The van der Waals surface area contributed by atoms with Crippen LogP contribution in [0.15, 0.2) is 6.07 Å². The summed E-state index contributed by atoms with van der Waals surface area (Å²) in [4.78, 5) is 11.0. The monoisotopic (exact) mass is 199 g/mol. The van der Waals surface area contributed by atoms with Crippen LogP contribution in [0, 0.1) is 6.92 Å². The van der Waals surface area contributed by atoms with Crippen molar-refractivity contribution in [2.24, 2.45) is 7.05 Å². The molecule has 2 N–H and O–H groups in total. The van der Waals surface area contributed by atoms with E-state index in [2.05, 4.69) is 15.2 Å². The number of nitrogens with one attached hydrogen (secondary N) is 1. The van der Waals surface area contributed by atoms with E-state index in [1.165, 1.54) is 4.68 Å². The van der Waals surface area contributed by atoms with Gasteiger partial charge in [0.1, 0.15) is 12.4 Å². The molecular weight excluding hydrogens is 186 g/mol. The predicted molar refractivity (Wildman–Crippen MR) is 50.0 cm³/mol. The van der Waals surface area contributed by atoms with Crippen molar-refractivity contribution in [2.45, 2.75) is 6.92 Å². The third-order valence-corrected chi connectivity index (χ3v) is 1.56. The van der Waals surface area contributed by atoms with Gasteiger partial charge in [-0.1, -0.05) is 0 Å².